The smallest absolute Gasteiger partial charge is 0.335 e. The molecule has 1 aromatic carbocycles. The Bertz CT molecular complexity index is 1370. The number of ether oxygens (including phenoxy) is 5. The molecule has 1 rings (SSSR count). The number of carbonyl (C=O) groups excluding carboxylic acids is 5. The molecule has 1 aromatic rings. The van der Waals surface area contributed by atoms with E-state index in [9.17, 15) is 38.7 Å². The average Bonchev–Trinajstić information content (AvgIpc) is 3.23. The SMILES string of the molecule is O=C[C@H](CCCCNC(=O)COCCOCCNC(=O)COCCOCCNC(=O)CC[C@H](NC(=O)CCCCCCCCCOc1ccc(C(=O)O)cc1)C(=O)O)NS. The first kappa shape index (κ1) is 53.7. The highest BCUT2D eigenvalue weighted by Crippen LogP contribution is 2.14. The summed E-state index contributed by atoms with van der Waals surface area (Å²) in [7, 11) is 0. The summed E-state index contributed by atoms with van der Waals surface area (Å²) in [6.07, 6.45) is 9.33. The zero-order valence-electron chi connectivity index (χ0n) is 34.5. The van der Waals surface area contributed by atoms with E-state index in [1.165, 1.54) is 12.1 Å². The van der Waals surface area contributed by atoms with Crippen LogP contribution in [0.1, 0.15) is 93.8 Å². The van der Waals surface area contributed by atoms with Crippen LogP contribution in [0.15, 0.2) is 24.3 Å². The second kappa shape index (κ2) is 36.5. The largest absolute Gasteiger partial charge is 0.494 e. The Kier molecular flexibility index (Phi) is 32.7. The zero-order valence-corrected chi connectivity index (χ0v) is 35.4. The minimum absolute atomic E-state index is 0.0503. The van der Waals surface area contributed by atoms with E-state index in [0.29, 0.717) is 31.7 Å². The second-order valence-corrected chi connectivity index (χ2v) is 13.9. The molecule has 0 aromatic heterocycles. The number of benzene rings is 1. The van der Waals surface area contributed by atoms with E-state index in [4.69, 9.17) is 28.8 Å². The van der Waals surface area contributed by atoms with Crippen molar-refractivity contribution < 1.29 is 67.5 Å². The molecule has 20 heteroatoms. The molecule has 0 unspecified atom stereocenters. The highest BCUT2D eigenvalue weighted by atomic mass is 32.1. The molecule has 7 N–H and O–H groups in total. The number of aldehydes is 1. The Hall–Kier alpha value is -4.34. The molecule has 0 heterocycles. The molecule has 0 saturated heterocycles. The van der Waals surface area contributed by atoms with Crippen molar-refractivity contribution in [2.45, 2.75) is 95.6 Å². The topological polar surface area (TPSA) is 266 Å². The predicted octanol–water partition coefficient (Wildman–Crippen LogP) is 1.82. The number of rotatable bonds is 40. The van der Waals surface area contributed by atoms with Gasteiger partial charge in [-0.3, -0.25) is 23.9 Å². The number of unbranched alkanes of at least 4 members (excludes halogenated alkanes) is 7. The van der Waals surface area contributed by atoms with Crippen LogP contribution in [0.3, 0.4) is 0 Å². The van der Waals surface area contributed by atoms with E-state index in [1.807, 2.05) is 0 Å². The fraction of sp³-hybridized carbons (Fsp3) is 0.675. The van der Waals surface area contributed by atoms with Crippen LogP contribution in [0, 0.1) is 0 Å². The van der Waals surface area contributed by atoms with Crippen molar-refractivity contribution in [2.24, 2.45) is 0 Å². The van der Waals surface area contributed by atoms with Gasteiger partial charge in [-0.2, -0.15) is 0 Å². The monoisotopic (exact) mass is 871 g/mol. The molecule has 0 aliphatic heterocycles. The molecule has 0 saturated carbocycles. The normalized spacial score (nSPS) is 11.9. The van der Waals surface area contributed by atoms with Crippen molar-refractivity contribution in [2.75, 3.05) is 79.1 Å². The molecule has 0 aliphatic carbocycles. The summed E-state index contributed by atoms with van der Waals surface area (Å²) in [6.45, 7) is 2.50. The lowest BCUT2D eigenvalue weighted by atomic mass is 10.1. The summed E-state index contributed by atoms with van der Waals surface area (Å²) in [5.74, 6) is -2.85. The summed E-state index contributed by atoms with van der Waals surface area (Å²) >= 11 is 3.87. The van der Waals surface area contributed by atoms with Gasteiger partial charge in [0.25, 0.3) is 0 Å². The molecule has 0 fully saturated rings. The van der Waals surface area contributed by atoms with Gasteiger partial charge in [-0.25, -0.2) is 9.59 Å². The van der Waals surface area contributed by atoms with Crippen LogP contribution in [0.25, 0.3) is 0 Å². The van der Waals surface area contributed by atoms with E-state index in [2.05, 4.69) is 38.8 Å². The van der Waals surface area contributed by atoms with Crippen LogP contribution in [-0.4, -0.2) is 143 Å². The fourth-order valence-corrected chi connectivity index (χ4v) is 5.51. The summed E-state index contributed by atoms with van der Waals surface area (Å²) in [5.41, 5.74) is 0.214. The van der Waals surface area contributed by atoms with Crippen LogP contribution in [-0.2, 0) is 47.7 Å². The number of thiol groups is 1. The summed E-state index contributed by atoms with van der Waals surface area (Å²) in [4.78, 5) is 81.4. The fourth-order valence-electron chi connectivity index (χ4n) is 5.32. The first-order chi connectivity index (χ1) is 29.0. The van der Waals surface area contributed by atoms with Crippen molar-refractivity contribution >= 4 is 54.7 Å². The first-order valence-electron chi connectivity index (χ1n) is 20.5. The van der Waals surface area contributed by atoms with E-state index < -0.39 is 18.0 Å². The van der Waals surface area contributed by atoms with Crippen LogP contribution in [0.2, 0.25) is 0 Å². The van der Waals surface area contributed by atoms with E-state index in [1.54, 1.807) is 12.1 Å². The Morgan fingerprint density at radius 2 is 1.13 bits per heavy atom. The number of hydrogen-bond donors (Lipinski definition) is 8. The quantitative estimate of drug-likeness (QED) is 0.0266. The number of carbonyl (C=O) groups is 7. The maximum Gasteiger partial charge on any atom is 0.335 e. The van der Waals surface area contributed by atoms with Gasteiger partial charge in [0.2, 0.25) is 23.6 Å². The molecule has 60 heavy (non-hydrogen) atoms. The molecular weight excluding hydrogens is 807 g/mol. The lowest BCUT2D eigenvalue weighted by Gasteiger charge is -2.14. The lowest BCUT2D eigenvalue weighted by Crippen LogP contribution is -2.41. The molecule has 2 atom stereocenters. The molecule has 4 amide bonds. The van der Waals surface area contributed by atoms with Crippen LogP contribution in [0.5, 0.6) is 5.75 Å². The third-order valence-electron chi connectivity index (χ3n) is 8.65. The Labute approximate surface area is 357 Å². The second-order valence-electron chi connectivity index (χ2n) is 13.6. The number of aromatic carboxylic acids is 1. The van der Waals surface area contributed by atoms with Gasteiger partial charge in [-0.15, -0.1) is 0 Å². The van der Waals surface area contributed by atoms with Crippen LogP contribution >= 0.6 is 12.8 Å². The van der Waals surface area contributed by atoms with Crippen LogP contribution < -0.4 is 30.7 Å². The van der Waals surface area contributed by atoms with Gasteiger partial charge >= 0.3 is 11.9 Å². The maximum atomic E-state index is 12.3. The summed E-state index contributed by atoms with van der Waals surface area (Å²) in [6, 6.07) is 4.82. The highest BCUT2D eigenvalue weighted by Gasteiger charge is 2.21. The highest BCUT2D eigenvalue weighted by molar-refractivity contribution is 7.78. The number of carboxylic acids is 2. The third-order valence-corrected chi connectivity index (χ3v) is 8.98. The van der Waals surface area contributed by atoms with Gasteiger partial charge in [-0.1, -0.05) is 44.9 Å². The maximum absolute atomic E-state index is 12.3. The third kappa shape index (κ3) is 30.7. The molecule has 0 radical (unpaired) electrons. The number of nitrogens with one attached hydrogen (secondary N) is 5. The van der Waals surface area contributed by atoms with Gasteiger partial charge in [0.15, 0.2) is 0 Å². The average molecular weight is 872 g/mol. The molecule has 0 bridgehead atoms. The van der Waals surface area contributed by atoms with E-state index in [0.717, 1.165) is 57.7 Å². The molecule has 0 spiro atoms. The molecular formula is C40H65N5O14S. The minimum atomic E-state index is -1.21. The summed E-state index contributed by atoms with van der Waals surface area (Å²) in [5, 5.41) is 29.0. The van der Waals surface area contributed by atoms with E-state index in [-0.39, 0.29) is 120 Å². The zero-order chi connectivity index (χ0) is 44.1. The van der Waals surface area contributed by atoms with E-state index >= 15 is 0 Å². The standard InChI is InChI=1S/C40H65N5O14S/c46-28-32(45-60)10-7-8-18-41-37(49)29-57-26-25-56-23-20-43-38(50)30-58-27-24-55-22-19-42-35(47)17-16-34(40(53)54)44-36(48)11-6-4-2-1-3-5-9-21-59-33-14-12-31(13-15-33)39(51)52/h12-15,28,32,34,45,60H,1-11,16-27,29-30H2,(H,41,49)(H,42,47)(H,43,50)(H,44,48)(H,51,52)(H,53,54)/t32-,34-/m0/s1. The van der Waals surface area contributed by atoms with Gasteiger partial charge in [0.05, 0.1) is 57.9 Å². The minimum Gasteiger partial charge on any atom is -0.494 e. The van der Waals surface area contributed by atoms with Crippen molar-refractivity contribution in [1.82, 2.24) is 26.0 Å². The van der Waals surface area contributed by atoms with Crippen molar-refractivity contribution in [3.05, 3.63) is 29.8 Å². The van der Waals surface area contributed by atoms with Crippen molar-refractivity contribution in [3.63, 3.8) is 0 Å². The number of amides is 4. The number of aliphatic carboxylic acids is 1. The van der Waals surface area contributed by atoms with Gasteiger partial charge in [-0.05, 0) is 62.8 Å². The van der Waals surface area contributed by atoms with Gasteiger partial charge in [0, 0.05) is 32.5 Å². The van der Waals surface area contributed by atoms with Crippen molar-refractivity contribution in [3.8, 4) is 5.75 Å². The molecule has 0 aliphatic rings. The molecule has 340 valence electrons. The number of carboxylic acid groups (broad SMARTS) is 2. The summed E-state index contributed by atoms with van der Waals surface area (Å²) < 4.78 is 29.5. The Morgan fingerprint density at radius 3 is 1.70 bits per heavy atom. The van der Waals surface area contributed by atoms with Crippen molar-refractivity contribution in [1.29, 1.82) is 0 Å². The van der Waals surface area contributed by atoms with Gasteiger partial charge in [0.1, 0.15) is 31.3 Å². The Morgan fingerprint density at radius 1 is 0.583 bits per heavy atom. The lowest BCUT2D eigenvalue weighted by molar-refractivity contribution is -0.142. The Balaban J connectivity index is 1.93. The molecule has 19 nitrogen and oxygen atoms in total. The first-order valence-corrected chi connectivity index (χ1v) is 20.9. The van der Waals surface area contributed by atoms with Gasteiger partial charge < -0.3 is 60.0 Å². The number of hydrogen-bond acceptors (Lipinski definition) is 14. The predicted molar refractivity (Wildman–Crippen MR) is 223 cm³/mol. The van der Waals surface area contributed by atoms with Crippen LogP contribution in [0.4, 0.5) is 0 Å².